The third kappa shape index (κ3) is 4.53. The monoisotopic (exact) mass is 477 g/mol. The number of hydrogen-bond donors (Lipinski definition) is 1. The lowest BCUT2D eigenvalue weighted by molar-refractivity contribution is -0.120. The van der Waals surface area contributed by atoms with Crippen molar-refractivity contribution in [2.75, 3.05) is 29.9 Å². The first-order valence-electron chi connectivity index (χ1n) is 9.57. The summed E-state index contributed by atoms with van der Waals surface area (Å²) in [5.74, 6) is 0.0211. The van der Waals surface area contributed by atoms with Crippen molar-refractivity contribution in [3.8, 4) is 5.75 Å². The third-order valence-electron chi connectivity index (χ3n) is 4.91. The Morgan fingerprint density at radius 2 is 2.24 bits per heavy atom. The van der Waals surface area contributed by atoms with Gasteiger partial charge in [0.05, 0.1) is 28.4 Å². The summed E-state index contributed by atoms with van der Waals surface area (Å²) in [7, 11) is 0. The number of nitrogens with zero attached hydrogens (tertiary/aromatic N) is 2. The molecule has 1 saturated heterocycles. The highest BCUT2D eigenvalue weighted by atomic mass is 79.9. The second-order valence-corrected chi connectivity index (χ2v) is 8.88. The molecule has 0 unspecified atom stereocenters. The van der Waals surface area contributed by atoms with Crippen LogP contribution in [0.3, 0.4) is 0 Å². The third-order valence-corrected chi connectivity index (χ3v) is 6.48. The number of benzene rings is 2. The van der Waals surface area contributed by atoms with Crippen LogP contribution >= 0.6 is 27.3 Å². The number of halogens is 2. The molecule has 1 amide bonds. The Bertz CT molecular complexity index is 1040. The highest BCUT2D eigenvalue weighted by Gasteiger charge is 2.28. The van der Waals surface area contributed by atoms with Crippen molar-refractivity contribution in [2.24, 2.45) is 5.92 Å². The molecule has 0 aliphatic carbocycles. The van der Waals surface area contributed by atoms with E-state index in [4.69, 9.17) is 9.72 Å². The van der Waals surface area contributed by atoms with Gasteiger partial charge in [0.1, 0.15) is 11.6 Å². The first-order chi connectivity index (χ1) is 14.0. The highest BCUT2D eigenvalue weighted by molar-refractivity contribution is 9.10. The van der Waals surface area contributed by atoms with Gasteiger partial charge in [-0.05, 0) is 56.2 Å². The van der Waals surface area contributed by atoms with Gasteiger partial charge < -0.3 is 15.0 Å². The largest absolute Gasteiger partial charge is 0.494 e. The number of carbonyl (C=O) groups excluding carboxylic acids is 1. The summed E-state index contributed by atoms with van der Waals surface area (Å²) in [6.07, 6.45) is 1.67. The van der Waals surface area contributed by atoms with Gasteiger partial charge in [0.2, 0.25) is 5.91 Å². The van der Waals surface area contributed by atoms with E-state index in [0.717, 1.165) is 40.5 Å². The van der Waals surface area contributed by atoms with Crippen LogP contribution in [0.4, 0.5) is 15.2 Å². The summed E-state index contributed by atoms with van der Waals surface area (Å²) in [6, 6.07) is 10.5. The smallest absolute Gasteiger partial charge is 0.229 e. The fourth-order valence-electron chi connectivity index (χ4n) is 3.48. The van der Waals surface area contributed by atoms with Gasteiger partial charge in [-0.2, -0.15) is 0 Å². The molecular formula is C21H21BrFN3O2S. The van der Waals surface area contributed by atoms with Crippen LogP contribution in [0, 0.1) is 11.7 Å². The molecule has 2 aromatic carbocycles. The van der Waals surface area contributed by atoms with Gasteiger partial charge in [0.15, 0.2) is 5.13 Å². The first-order valence-corrected chi connectivity index (χ1v) is 11.2. The minimum absolute atomic E-state index is 0.157. The number of ether oxygens (including phenoxy) is 1. The molecule has 1 fully saturated rings. The van der Waals surface area contributed by atoms with E-state index in [-0.39, 0.29) is 17.5 Å². The van der Waals surface area contributed by atoms with Crippen molar-refractivity contribution in [3.63, 3.8) is 0 Å². The zero-order valence-electron chi connectivity index (χ0n) is 16.0. The van der Waals surface area contributed by atoms with Crippen LogP contribution in [0.1, 0.15) is 19.8 Å². The quantitative estimate of drug-likeness (QED) is 0.530. The van der Waals surface area contributed by atoms with E-state index >= 15 is 0 Å². The van der Waals surface area contributed by atoms with Crippen LogP contribution < -0.4 is 15.0 Å². The Hall–Kier alpha value is -2.19. The van der Waals surface area contributed by atoms with E-state index < -0.39 is 5.82 Å². The molecule has 0 bridgehead atoms. The van der Waals surface area contributed by atoms with E-state index in [1.807, 2.05) is 25.1 Å². The SMILES string of the molecule is CCOc1ccc2nc(N3CCC[C@H](C(=O)Nc4ccc(Br)cc4F)C3)sc2c1. The van der Waals surface area contributed by atoms with Crippen LogP contribution in [0.2, 0.25) is 0 Å². The number of amides is 1. The van der Waals surface area contributed by atoms with E-state index in [9.17, 15) is 9.18 Å². The summed E-state index contributed by atoms with van der Waals surface area (Å²) < 4.78 is 21.3. The van der Waals surface area contributed by atoms with Gasteiger partial charge in [0.25, 0.3) is 0 Å². The highest BCUT2D eigenvalue weighted by Crippen LogP contribution is 2.34. The summed E-state index contributed by atoms with van der Waals surface area (Å²) in [5, 5.41) is 3.64. The predicted molar refractivity (Wildman–Crippen MR) is 118 cm³/mol. The Balaban J connectivity index is 1.47. The molecule has 1 aromatic heterocycles. The van der Waals surface area contributed by atoms with Crippen LogP contribution in [0.5, 0.6) is 5.75 Å². The molecule has 1 aliphatic heterocycles. The second-order valence-electron chi connectivity index (χ2n) is 6.96. The minimum Gasteiger partial charge on any atom is -0.494 e. The number of hydrogen-bond acceptors (Lipinski definition) is 5. The average molecular weight is 478 g/mol. The molecule has 0 spiro atoms. The second kappa shape index (κ2) is 8.67. The van der Waals surface area contributed by atoms with E-state index in [2.05, 4.69) is 26.1 Å². The van der Waals surface area contributed by atoms with Crippen molar-refractivity contribution < 1.29 is 13.9 Å². The summed E-state index contributed by atoms with van der Waals surface area (Å²) in [5.41, 5.74) is 1.13. The molecule has 1 atom stereocenters. The Kier molecular flexibility index (Phi) is 6.01. The van der Waals surface area contributed by atoms with Gasteiger partial charge >= 0.3 is 0 Å². The Morgan fingerprint density at radius 3 is 3.03 bits per heavy atom. The Morgan fingerprint density at radius 1 is 1.38 bits per heavy atom. The topological polar surface area (TPSA) is 54.5 Å². The van der Waals surface area contributed by atoms with E-state index in [1.54, 1.807) is 23.5 Å². The minimum atomic E-state index is -0.448. The summed E-state index contributed by atoms with van der Waals surface area (Å²) >= 11 is 4.83. The molecule has 152 valence electrons. The van der Waals surface area contributed by atoms with Gasteiger partial charge in [-0.15, -0.1) is 0 Å². The van der Waals surface area contributed by atoms with Gasteiger partial charge in [0, 0.05) is 17.6 Å². The lowest BCUT2D eigenvalue weighted by Crippen LogP contribution is -2.40. The fraction of sp³-hybridized carbons (Fsp3) is 0.333. The molecule has 29 heavy (non-hydrogen) atoms. The molecule has 1 aliphatic rings. The molecular weight excluding hydrogens is 457 g/mol. The first kappa shape index (κ1) is 20.1. The van der Waals surface area contributed by atoms with Gasteiger partial charge in [-0.25, -0.2) is 9.37 Å². The number of rotatable bonds is 5. The molecule has 8 heteroatoms. The van der Waals surface area contributed by atoms with E-state index in [0.29, 0.717) is 17.6 Å². The molecule has 1 N–H and O–H groups in total. The predicted octanol–water partition coefficient (Wildman–Crippen LogP) is 5.45. The summed E-state index contributed by atoms with van der Waals surface area (Å²) in [4.78, 5) is 19.6. The fourth-order valence-corrected chi connectivity index (χ4v) is 4.84. The Labute approximate surface area is 181 Å². The molecule has 0 saturated carbocycles. The molecule has 0 radical (unpaired) electrons. The average Bonchev–Trinajstić information content (AvgIpc) is 3.14. The zero-order valence-corrected chi connectivity index (χ0v) is 18.4. The lowest BCUT2D eigenvalue weighted by Gasteiger charge is -2.31. The molecule has 4 rings (SSSR count). The van der Waals surface area contributed by atoms with Crippen LogP contribution in [0.15, 0.2) is 40.9 Å². The number of aromatic nitrogens is 1. The zero-order chi connectivity index (χ0) is 20.4. The number of thiazole rings is 1. The maximum atomic E-state index is 14.1. The standard InChI is InChI=1S/C21H21BrFN3O2S/c1-2-28-15-6-8-18-19(11-15)29-21(25-18)26-9-3-4-13(12-26)20(27)24-17-7-5-14(22)10-16(17)23/h5-8,10-11,13H,2-4,9,12H2,1H3,(H,24,27)/t13-/m0/s1. The summed E-state index contributed by atoms with van der Waals surface area (Å²) in [6.45, 7) is 4.01. The van der Waals surface area contributed by atoms with Crippen LogP contribution in [-0.4, -0.2) is 30.6 Å². The molecule has 5 nitrogen and oxygen atoms in total. The van der Waals surface area contributed by atoms with Gasteiger partial charge in [-0.3, -0.25) is 4.79 Å². The maximum absolute atomic E-state index is 14.1. The molecule has 3 aromatic rings. The van der Waals surface area contributed by atoms with Crippen molar-refractivity contribution in [2.45, 2.75) is 19.8 Å². The normalized spacial score (nSPS) is 16.8. The number of nitrogens with one attached hydrogen (secondary N) is 1. The van der Waals surface area contributed by atoms with Crippen LogP contribution in [-0.2, 0) is 4.79 Å². The molecule has 2 heterocycles. The van der Waals surface area contributed by atoms with E-state index in [1.165, 1.54) is 6.07 Å². The van der Waals surface area contributed by atoms with Crippen molar-refractivity contribution >= 4 is 54.2 Å². The lowest BCUT2D eigenvalue weighted by atomic mass is 9.97. The number of carbonyl (C=O) groups is 1. The number of piperidine rings is 1. The van der Waals surface area contributed by atoms with Crippen molar-refractivity contribution in [3.05, 3.63) is 46.7 Å². The van der Waals surface area contributed by atoms with Crippen molar-refractivity contribution in [1.82, 2.24) is 4.98 Å². The van der Waals surface area contributed by atoms with Gasteiger partial charge in [-0.1, -0.05) is 27.3 Å². The number of anilines is 2. The van der Waals surface area contributed by atoms with Crippen LogP contribution in [0.25, 0.3) is 10.2 Å². The van der Waals surface area contributed by atoms with Crippen molar-refractivity contribution in [1.29, 1.82) is 0 Å². The number of fused-ring (bicyclic) bond motifs is 1. The maximum Gasteiger partial charge on any atom is 0.229 e.